The van der Waals surface area contributed by atoms with Crippen molar-refractivity contribution in [1.82, 2.24) is 4.90 Å². The fourth-order valence-electron chi connectivity index (χ4n) is 3.46. The van der Waals surface area contributed by atoms with Crippen LogP contribution in [0.4, 0.5) is 0 Å². The Hall–Kier alpha value is -3.73. The van der Waals surface area contributed by atoms with Gasteiger partial charge in [0.1, 0.15) is 5.75 Å². The zero-order valence-corrected chi connectivity index (χ0v) is 16.4. The molecule has 5 heteroatoms. The lowest BCUT2D eigenvalue weighted by Crippen LogP contribution is -2.30. The first-order valence-electron chi connectivity index (χ1n) is 9.93. The van der Waals surface area contributed by atoms with Gasteiger partial charge in [-0.05, 0) is 49.2 Å². The predicted molar refractivity (Wildman–Crippen MR) is 113 cm³/mol. The third kappa shape index (κ3) is 4.01. The monoisotopic (exact) mass is 399 g/mol. The molecule has 5 nitrogen and oxygen atoms in total. The Morgan fingerprint density at radius 1 is 0.700 bits per heavy atom. The minimum absolute atomic E-state index is 0.0249. The molecule has 4 rings (SSSR count). The maximum atomic E-state index is 12.4. The molecule has 0 bridgehead atoms. The quantitative estimate of drug-likeness (QED) is 0.320. The van der Waals surface area contributed by atoms with Crippen LogP contribution < -0.4 is 4.74 Å². The van der Waals surface area contributed by atoms with Gasteiger partial charge in [-0.2, -0.15) is 0 Å². The highest BCUT2D eigenvalue weighted by Gasteiger charge is 2.34. The van der Waals surface area contributed by atoms with Crippen molar-refractivity contribution in [1.29, 1.82) is 0 Å². The Labute approximate surface area is 174 Å². The van der Waals surface area contributed by atoms with Crippen molar-refractivity contribution in [3.8, 4) is 5.75 Å². The molecule has 0 saturated carbocycles. The van der Waals surface area contributed by atoms with Gasteiger partial charge >= 0.3 is 0 Å². The fraction of sp³-hybridized carbons (Fsp3) is 0.160. The Bertz CT molecular complexity index is 1040. The molecular weight excluding hydrogens is 378 g/mol. The molecule has 0 spiro atoms. The Morgan fingerprint density at radius 3 is 1.90 bits per heavy atom. The SMILES string of the molecule is O=C(c1ccccc1)c1ccc(OCCCCN2C(=O)c3ccccc3C2=O)cc1. The second kappa shape index (κ2) is 8.74. The standard InChI is InChI=1S/C25H21NO4/c27-23(18-8-2-1-3-9-18)19-12-14-20(15-13-19)30-17-7-6-16-26-24(28)21-10-4-5-11-22(21)25(26)29/h1-5,8-15H,6-7,16-17H2. The van der Waals surface area contributed by atoms with Crippen LogP contribution in [0, 0.1) is 0 Å². The second-order valence-electron chi connectivity index (χ2n) is 7.08. The number of ketones is 1. The maximum Gasteiger partial charge on any atom is 0.261 e. The summed E-state index contributed by atoms with van der Waals surface area (Å²) >= 11 is 0. The topological polar surface area (TPSA) is 63.7 Å². The highest BCUT2D eigenvalue weighted by Crippen LogP contribution is 2.22. The molecule has 0 unspecified atom stereocenters. The van der Waals surface area contributed by atoms with E-state index in [1.165, 1.54) is 4.90 Å². The van der Waals surface area contributed by atoms with Crippen LogP contribution in [0.2, 0.25) is 0 Å². The molecule has 0 N–H and O–H groups in total. The van der Waals surface area contributed by atoms with Crippen LogP contribution in [0.3, 0.4) is 0 Å². The van der Waals surface area contributed by atoms with Crippen LogP contribution >= 0.6 is 0 Å². The van der Waals surface area contributed by atoms with Gasteiger partial charge in [-0.3, -0.25) is 19.3 Å². The number of rotatable bonds is 8. The maximum absolute atomic E-state index is 12.4. The normalized spacial score (nSPS) is 12.7. The molecule has 1 heterocycles. The van der Waals surface area contributed by atoms with E-state index in [9.17, 15) is 14.4 Å². The van der Waals surface area contributed by atoms with Gasteiger partial charge in [-0.1, -0.05) is 42.5 Å². The van der Waals surface area contributed by atoms with Crippen LogP contribution in [0.25, 0.3) is 0 Å². The van der Waals surface area contributed by atoms with Gasteiger partial charge in [0, 0.05) is 17.7 Å². The fourth-order valence-corrected chi connectivity index (χ4v) is 3.46. The van der Waals surface area contributed by atoms with Gasteiger partial charge in [0.25, 0.3) is 11.8 Å². The molecule has 0 radical (unpaired) electrons. The number of amides is 2. The molecule has 0 fully saturated rings. The lowest BCUT2D eigenvalue weighted by atomic mass is 10.0. The Balaban J connectivity index is 1.23. The number of hydrogen-bond donors (Lipinski definition) is 0. The van der Waals surface area contributed by atoms with Crippen LogP contribution in [-0.2, 0) is 0 Å². The van der Waals surface area contributed by atoms with E-state index < -0.39 is 0 Å². The van der Waals surface area contributed by atoms with Crippen molar-refractivity contribution in [2.24, 2.45) is 0 Å². The molecule has 0 aromatic heterocycles. The van der Waals surface area contributed by atoms with Crippen molar-refractivity contribution in [3.05, 3.63) is 101 Å². The molecule has 3 aromatic rings. The first-order chi connectivity index (χ1) is 14.6. The average molecular weight is 399 g/mol. The summed E-state index contributed by atoms with van der Waals surface area (Å²) in [4.78, 5) is 38.4. The average Bonchev–Trinajstić information content (AvgIpc) is 3.04. The number of unbranched alkanes of at least 4 members (excludes halogenated alkanes) is 1. The van der Waals surface area contributed by atoms with Gasteiger partial charge in [-0.25, -0.2) is 0 Å². The Kier molecular flexibility index (Phi) is 5.70. The first-order valence-corrected chi connectivity index (χ1v) is 9.93. The van der Waals surface area contributed by atoms with Crippen LogP contribution in [0.15, 0.2) is 78.9 Å². The summed E-state index contributed by atoms with van der Waals surface area (Å²) in [6.07, 6.45) is 1.37. The summed E-state index contributed by atoms with van der Waals surface area (Å²) in [6, 6.07) is 23.1. The summed E-state index contributed by atoms with van der Waals surface area (Å²) in [6.45, 7) is 0.843. The van der Waals surface area contributed by atoms with Gasteiger partial charge in [0.2, 0.25) is 0 Å². The zero-order valence-electron chi connectivity index (χ0n) is 16.4. The van der Waals surface area contributed by atoms with E-state index in [4.69, 9.17) is 4.74 Å². The number of imide groups is 1. The van der Waals surface area contributed by atoms with Crippen LogP contribution in [0.1, 0.15) is 49.5 Å². The number of carbonyl (C=O) groups is 3. The smallest absolute Gasteiger partial charge is 0.261 e. The summed E-state index contributed by atoms with van der Waals surface area (Å²) in [5.41, 5.74) is 2.21. The number of nitrogens with zero attached hydrogens (tertiary/aromatic N) is 1. The minimum Gasteiger partial charge on any atom is -0.494 e. The van der Waals surface area contributed by atoms with E-state index in [2.05, 4.69) is 0 Å². The number of benzene rings is 3. The van der Waals surface area contributed by atoms with E-state index in [-0.39, 0.29) is 17.6 Å². The first kappa shape index (κ1) is 19.6. The van der Waals surface area contributed by atoms with Gasteiger partial charge < -0.3 is 4.74 Å². The van der Waals surface area contributed by atoms with Crippen LogP contribution in [0.5, 0.6) is 5.75 Å². The zero-order chi connectivity index (χ0) is 20.9. The third-order valence-electron chi connectivity index (χ3n) is 5.08. The highest BCUT2D eigenvalue weighted by atomic mass is 16.5. The number of carbonyl (C=O) groups excluding carboxylic acids is 3. The molecule has 1 aliphatic heterocycles. The van der Waals surface area contributed by atoms with Crippen molar-refractivity contribution >= 4 is 17.6 Å². The molecule has 1 aliphatic rings. The van der Waals surface area contributed by atoms with E-state index in [1.54, 1.807) is 60.7 Å². The van der Waals surface area contributed by atoms with Gasteiger partial charge in [0.15, 0.2) is 5.78 Å². The molecule has 2 amide bonds. The molecule has 0 saturated heterocycles. The number of hydrogen-bond acceptors (Lipinski definition) is 4. The van der Waals surface area contributed by atoms with E-state index in [0.29, 0.717) is 54.0 Å². The van der Waals surface area contributed by atoms with Crippen LogP contribution in [-0.4, -0.2) is 35.6 Å². The lowest BCUT2D eigenvalue weighted by molar-refractivity contribution is 0.0649. The van der Waals surface area contributed by atoms with E-state index >= 15 is 0 Å². The molecule has 0 aliphatic carbocycles. The molecule has 3 aromatic carbocycles. The minimum atomic E-state index is -0.227. The predicted octanol–water partition coefficient (Wildman–Crippen LogP) is 4.37. The number of fused-ring (bicyclic) bond motifs is 1. The van der Waals surface area contributed by atoms with E-state index in [1.807, 2.05) is 18.2 Å². The third-order valence-corrected chi connectivity index (χ3v) is 5.08. The highest BCUT2D eigenvalue weighted by molar-refractivity contribution is 6.21. The summed E-state index contributed by atoms with van der Waals surface area (Å²) in [5, 5.41) is 0. The Morgan fingerprint density at radius 2 is 1.27 bits per heavy atom. The van der Waals surface area contributed by atoms with Crippen molar-refractivity contribution in [3.63, 3.8) is 0 Å². The van der Waals surface area contributed by atoms with Crippen molar-refractivity contribution in [2.45, 2.75) is 12.8 Å². The summed E-state index contributed by atoms with van der Waals surface area (Å²) < 4.78 is 5.73. The molecule has 30 heavy (non-hydrogen) atoms. The second-order valence-corrected chi connectivity index (χ2v) is 7.08. The lowest BCUT2D eigenvalue weighted by Gasteiger charge is -2.13. The van der Waals surface area contributed by atoms with Gasteiger partial charge in [-0.15, -0.1) is 0 Å². The van der Waals surface area contributed by atoms with Gasteiger partial charge in [0.05, 0.1) is 17.7 Å². The van der Waals surface area contributed by atoms with E-state index in [0.717, 1.165) is 0 Å². The molecule has 150 valence electrons. The molecule has 0 atom stereocenters. The van der Waals surface area contributed by atoms with Crippen molar-refractivity contribution in [2.75, 3.05) is 13.2 Å². The van der Waals surface area contributed by atoms with Crippen molar-refractivity contribution < 1.29 is 19.1 Å². The largest absolute Gasteiger partial charge is 0.494 e. The molecular formula is C25H21NO4. The summed E-state index contributed by atoms with van der Waals surface area (Å²) in [5.74, 6) is 0.203. The number of ether oxygens (including phenoxy) is 1. The summed E-state index contributed by atoms with van der Waals surface area (Å²) in [7, 11) is 0.